The molecule has 1 N–H and O–H groups in total. The summed E-state index contributed by atoms with van der Waals surface area (Å²) in [6.45, 7) is 3.15. The van der Waals surface area contributed by atoms with Crippen LogP contribution in [-0.4, -0.2) is 35.7 Å². The summed E-state index contributed by atoms with van der Waals surface area (Å²) >= 11 is 0. The van der Waals surface area contributed by atoms with Gasteiger partial charge in [-0.1, -0.05) is 42.5 Å². The molecule has 2 aromatic rings. The van der Waals surface area contributed by atoms with Gasteiger partial charge in [-0.3, -0.25) is 9.69 Å². The number of benzene rings is 2. The van der Waals surface area contributed by atoms with Gasteiger partial charge in [0.25, 0.3) is 0 Å². The first-order chi connectivity index (χ1) is 13.6. The Kier molecular flexibility index (Phi) is 4.39. The Morgan fingerprint density at radius 2 is 2.07 bits per heavy atom. The van der Waals surface area contributed by atoms with E-state index < -0.39 is 11.4 Å². The Balaban J connectivity index is 1.34. The van der Waals surface area contributed by atoms with Crippen LogP contribution in [0, 0.1) is 11.3 Å². The lowest BCUT2D eigenvalue weighted by atomic mass is 9.64. The number of carboxylic acids is 1. The second-order valence-electron chi connectivity index (χ2n) is 8.75. The van der Waals surface area contributed by atoms with Crippen molar-refractivity contribution >= 4 is 5.97 Å². The fourth-order valence-electron chi connectivity index (χ4n) is 5.65. The Hall–Kier alpha value is -2.33. The topological polar surface area (TPSA) is 49.8 Å². The molecule has 146 valence electrons. The molecule has 0 unspecified atom stereocenters. The smallest absolute Gasteiger partial charge is 0.311 e. The van der Waals surface area contributed by atoms with Crippen molar-refractivity contribution in [3.8, 4) is 5.75 Å². The molecule has 3 aliphatic rings. The third-order valence-corrected chi connectivity index (χ3v) is 7.13. The van der Waals surface area contributed by atoms with Crippen LogP contribution < -0.4 is 4.74 Å². The lowest BCUT2D eigenvalue weighted by molar-refractivity contribution is -0.152. The van der Waals surface area contributed by atoms with Gasteiger partial charge in [0.15, 0.2) is 0 Å². The molecule has 2 heterocycles. The summed E-state index contributed by atoms with van der Waals surface area (Å²) < 4.78 is 5.61. The number of hydrogen-bond donors (Lipinski definition) is 1. The van der Waals surface area contributed by atoms with Gasteiger partial charge < -0.3 is 9.84 Å². The monoisotopic (exact) mass is 377 g/mol. The summed E-state index contributed by atoms with van der Waals surface area (Å²) in [7, 11) is 0. The fourth-order valence-corrected chi connectivity index (χ4v) is 5.65. The quantitative estimate of drug-likeness (QED) is 0.872. The van der Waals surface area contributed by atoms with Crippen molar-refractivity contribution in [2.24, 2.45) is 11.3 Å². The van der Waals surface area contributed by atoms with Gasteiger partial charge in [0.2, 0.25) is 0 Å². The van der Waals surface area contributed by atoms with E-state index in [4.69, 9.17) is 4.74 Å². The van der Waals surface area contributed by atoms with Crippen LogP contribution in [0.25, 0.3) is 0 Å². The van der Waals surface area contributed by atoms with E-state index in [0.29, 0.717) is 12.5 Å². The molecular formula is C24H27NO3. The van der Waals surface area contributed by atoms with Crippen molar-refractivity contribution in [1.82, 2.24) is 4.90 Å². The summed E-state index contributed by atoms with van der Waals surface area (Å²) in [5, 5.41) is 10.1. The molecule has 1 saturated heterocycles. The van der Waals surface area contributed by atoms with Gasteiger partial charge in [-0.2, -0.15) is 0 Å². The zero-order valence-electron chi connectivity index (χ0n) is 16.1. The van der Waals surface area contributed by atoms with Gasteiger partial charge in [-0.05, 0) is 53.9 Å². The van der Waals surface area contributed by atoms with E-state index in [1.807, 2.05) is 6.07 Å². The minimum Gasteiger partial charge on any atom is -0.493 e. The standard InChI is InChI=1S/C24H27NO3/c26-23(27)24-10-8-19(18-4-2-1-3-5-18)13-21(24)15-25(16-24)14-17-6-7-22-20(12-17)9-11-28-22/h1-7,12,19,21H,8-11,13-16H2,(H,26,27)/t19-,21-,24-/m0/s1. The van der Waals surface area contributed by atoms with Crippen molar-refractivity contribution in [1.29, 1.82) is 0 Å². The van der Waals surface area contributed by atoms with Gasteiger partial charge in [0, 0.05) is 26.1 Å². The van der Waals surface area contributed by atoms with Crippen molar-refractivity contribution in [2.75, 3.05) is 19.7 Å². The summed E-state index contributed by atoms with van der Waals surface area (Å²) in [5.41, 5.74) is 3.33. The molecule has 4 heteroatoms. The molecule has 1 saturated carbocycles. The Morgan fingerprint density at radius 3 is 2.89 bits per heavy atom. The first-order valence-electron chi connectivity index (χ1n) is 10.4. The molecule has 2 aliphatic heterocycles. The van der Waals surface area contributed by atoms with E-state index in [1.165, 1.54) is 16.7 Å². The molecule has 3 atom stereocenters. The van der Waals surface area contributed by atoms with E-state index in [2.05, 4.69) is 47.4 Å². The number of fused-ring (bicyclic) bond motifs is 2. The highest BCUT2D eigenvalue weighted by Crippen LogP contribution is 2.51. The number of carboxylic acid groups (broad SMARTS) is 1. The van der Waals surface area contributed by atoms with Crippen LogP contribution >= 0.6 is 0 Å². The van der Waals surface area contributed by atoms with Gasteiger partial charge >= 0.3 is 5.97 Å². The van der Waals surface area contributed by atoms with Gasteiger partial charge in [0.1, 0.15) is 5.75 Å². The van der Waals surface area contributed by atoms with E-state index in [-0.39, 0.29) is 5.92 Å². The normalized spacial score (nSPS) is 29.1. The van der Waals surface area contributed by atoms with Crippen molar-refractivity contribution < 1.29 is 14.6 Å². The van der Waals surface area contributed by atoms with Crippen LogP contribution in [0.15, 0.2) is 48.5 Å². The molecule has 0 aromatic heterocycles. The highest BCUT2D eigenvalue weighted by atomic mass is 16.5. The molecule has 2 aromatic carbocycles. The highest BCUT2D eigenvalue weighted by Gasteiger charge is 2.54. The zero-order chi connectivity index (χ0) is 19.1. The largest absolute Gasteiger partial charge is 0.493 e. The highest BCUT2D eigenvalue weighted by molar-refractivity contribution is 5.76. The molecule has 5 rings (SSSR count). The summed E-state index contributed by atoms with van der Waals surface area (Å²) in [4.78, 5) is 14.7. The predicted octanol–water partition coefficient (Wildman–Crippen LogP) is 4.09. The number of ether oxygens (including phenoxy) is 1. The molecule has 1 aliphatic carbocycles. The van der Waals surface area contributed by atoms with Crippen molar-refractivity contribution in [3.05, 3.63) is 65.2 Å². The number of likely N-dealkylation sites (tertiary alicyclic amines) is 1. The molecule has 0 amide bonds. The van der Waals surface area contributed by atoms with Crippen LogP contribution in [0.1, 0.15) is 41.9 Å². The molecule has 0 bridgehead atoms. The van der Waals surface area contributed by atoms with Gasteiger partial charge in [-0.15, -0.1) is 0 Å². The van der Waals surface area contributed by atoms with E-state index in [0.717, 1.165) is 51.1 Å². The van der Waals surface area contributed by atoms with Crippen LogP contribution in [0.3, 0.4) is 0 Å². The second-order valence-corrected chi connectivity index (χ2v) is 8.75. The second kappa shape index (κ2) is 6.93. The van der Waals surface area contributed by atoms with Crippen LogP contribution in [0.4, 0.5) is 0 Å². The zero-order valence-corrected chi connectivity index (χ0v) is 16.1. The van der Waals surface area contributed by atoms with Gasteiger partial charge in [-0.25, -0.2) is 0 Å². The Bertz CT molecular complexity index is 881. The lowest BCUT2D eigenvalue weighted by Gasteiger charge is -2.38. The summed E-state index contributed by atoms with van der Waals surface area (Å²) in [6.07, 6.45) is 3.70. The summed E-state index contributed by atoms with van der Waals surface area (Å²) in [5.74, 6) is 1.11. The first-order valence-corrected chi connectivity index (χ1v) is 10.4. The lowest BCUT2D eigenvalue weighted by Crippen LogP contribution is -2.42. The Morgan fingerprint density at radius 1 is 1.21 bits per heavy atom. The van der Waals surface area contributed by atoms with Crippen LogP contribution in [-0.2, 0) is 17.8 Å². The van der Waals surface area contributed by atoms with E-state index in [1.54, 1.807) is 0 Å². The SMILES string of the molecule is O=C(O)[C@]12CC[C@H](c3ccccc3)C[C@H]1CN(Cc1ccc3c(c1)CCO3)C2. The fraction of sp³-hybridized carbons (Fsp3) is 0.458. The number of carbonyl (C=O) groups is 1. The average Bonchev–Trinajstić information content (AvgIpc) is 3.32. The maximum Gasteiger partial charge on any atom is 0.311 e. The van der Waals surface area contributed by atoms with Gasteiger partial charge in [0.05, 0.1) is 12.0 Å². The Labute approximate surface area is 166 Å². The maximum atomic E-state index is 12.3. The molecule has 0 radical (unpaired) electrons. The summed E-state index contributed by atoms with van der Waals surface area (Å²) in [6, 6.07) is 17.1. The van der Waals surface area contributed by atoms with Crippen LogP contribution in [0.5, 0.6) is 5.75 Å². The molecule has 4 nitrogen and oxygen atoms in total. The first kappa shape index (κ1) is 17.7. The minimum atomic E-state index is -0.603. The van der Waals surface area contributed by atoms with E-state index >= 15 is 0 Å². The van der Waals surface area contributed by atoms with Crippen molar-refractivity contribution in [3.63, 3.8) is 0 Å². The number of hydrogen-bond acceptors (Lipinski definition) is 3. The third-order valence-electron chi connectivity index (χ3n) is 7.13. The predicted molar refractivity (Wildman–Crippen MR) is 108 cm³/mol. The molecule has 28 heavy (non-hydrogen) atoms. The molecule has 0 spiro atoms. The minimum absolute atomic E-state index is 0.224. The average molecular weight is 377 g/mol. The van der Waals surface area contributed by atoms with Crippen LogP contribution in [0.2, 0.25) is 0 Å². The number of aliphatic carboxylic acids is 1. The molecule has 2 fully saturated rings. The van der Waals surface area contributed by atoms with E-state index in [9.17, 15) is 9.90 Å². The molecular weight excluding hydrogens is 350 g/mol. The maximum absolute atomic E-state index is 12.3. The number of rotatable bonds is 4. The number of nitrogens with zero attached hydrogens (tertiary/aromatic N) is 1. The van der Waals surface area contributed by atoms with Crippen molar-refractivity contribution in [2.45, 2.75) is 38.1 Å². The third kappa shape index (κ3) is 3.00.